The summed E-state index contributed by atoms with van der Waals surface area (Å²) in [6.07, 6.45) is 1.74. The number of benzene rings is 2. The highest BCUT2D eigenvalue weighted by Gasteiger charge is 2.17. The van der Waals surface area contributed by atoms with Crippen LogP contribution in [0.1, 0.15) is 30.4 Å². The standard InChI is InChI=1S/C20H27NO3/c1-4-11-24-20-16(8-6-10-19(20)23-3)12-17(14-21)15-7-5-9-18(13-15)22-2/h5-10,13,17H,4,11-12,14,21H2,1-3H3. The van der Waals surface area contributed by atoms with Gasteiger partial charge in [0.05, 0.1) is 20.8 Å². The lowest BCUT2D eigenvalue weighted by atomic mass is 9.91. The molecule has 0 aliphatic rings. The summed E-state index contributed by atoms with van der Waals surface area (Å²) >= 11 is 0. The normalized spacial score (nSPS) is 11.8. The molecule has 0 radical (unpaired) electrons. The number of para-hydroxylation sites is 1. The highest BCUT2D eigenvalue weighted by atomic mass is 16.5. The highest BCUT2D eigenvalue weighted by Crippen LogP contribution is 2.34. The minimum Gasteiger partial charge on any atom is -0.497 e. The zero-order valence-electron chi connectivity index (χ0n) is 14.7. The molecule has 2 aromatic carbocycles. The molecule has 1 unspecified atom stereocenters. The van der Waals surface area contributed by atoms with E-state index in [0.29, 0.717) is 13.2 Å². The van der Waals surface area contributed by atoms with Gasteiger partial charge in [-0.2, -0.15) is 0 Å². The fraction of sp³-hybridized carbons (Fsp3) is 0.400. The molecule has 2 N–H and O–H groups in total. The molecule has 0 bridgehead atoms. The van der Waals surface area contributed by atoms with Crippen molar-refractivity contribution >= 4 is 0 Å². The van der Waals surface area contributed by atoms with E-state index >= 15 is 0 Å². The molecule has 0 amide bonds. The molecule has 0 spiro atoms. The Kier molecular flexibility index (Phi) is 6.94. The lowest BCUT2D eigenvalue weighted by molar-refractivity contribution is 0.290. The van der Waals surface area contributed by atoms with Gasteiger partial charge < -0.3 is 19.9 Å². The van der Waals surface area contributed by atoms with Crippen LogP contribution in [0.2, 0.25) is 0 Å². The molecule has 130 valence electrons. The Bertz CT molecular complexity index is 643. The van der Waals surface area contributed by atoms with Gasteiger partial charge in [0.2, 0.25) is 0 Å². The van der Waals surface area contributed by atoms with E-state index in [1.54, 1.807) is 14.2 Å². The number of nitrogens with two attached hydrogens (primary N) is 1. The van der Waals surface area contributed by atoms with Crippen LogP contribution in [0.5, 0.6) is 17.2 Å². The SMILES string of the molecule is CCCOc1c(CC(CN)c2cccc(OC)c2)cccc1OC. The van der Waals surface area contributed by atoms with Gasteiger partial charge >= 0.3 is 0 Å². The Balaban J connectivity index is 2.29. The predicted octanol–water partition coefficient (Wildman–Crippen LogP) is 3.78. The van der Waals surface area contributed by atoms with Crippen LogP contribution < -0.4 is 19.9 Å². The summed E-state index contributed by atoms with van der Waals surface area (Å²) in [5.74, 6) is 2.63. The average molecular weight is 329 g/mol. The summed E-state index contributed by atoms with van der Waals surface area (Å²) in [5, 5.41) is 0. The molecule has 1 atom stereocenters. The number of methoxy groups -OCH3 is 2. The van der Waals surface area contributed by atoms with Gasteiger partial charge in [-0.05, 0) is 48.7 Å². The van der Waals surface area contributed by atoms with E-state index in [9.17, 15) is 0 Å². The maximum Gasteiger partial charge on any atom is 0.164 e. The van der Waals surface area contributed by atoms with E-state index < -0.39 is 0 Å². The van der Waals surface area contributed by atoms with Crippen molar-refractivity contribution in [1.82, 2.24) is 0 Å². The Hall–Kier alpha value is -2.20. The quantitative estimate of drug-likeness (QED) is 0.761. The van der Waals surface area contributed by atoms with Crippen LogP contribution in [-0.4, -0.2) is 27.4 Å². The predicted molar refractivity (Wildman–Crippen MR) is 97.3 cm³/mol. The molecular formula is C20H27NO3. The molecular weight excluding hydrogens is 302 g/mol. The second kappa shape index (κ2) is 9.18. The second-order valence-electron chi connectivity index (χ2n) is 5.71. The van der Waals surface area contributed by atoms with Crippen LogP contribution in [0.25, 0.3) is 0 Å². The van der Waals surface area contributed by atoms with Crippen LogP contribution in [0.4, 0.5) is 0 Å². The second-order valence-corrected chi connectivity index (χ2v) is 5.71. The summed E-state index contributed by atoms with van der Waals surface area (Å²) in [6, 6.07) is 14.1. The van der Waals surface area contributed by atoms with Crippen molar-refractivity contribution in [1.29, 1.82) is 0 Å². The molecule has 0 saturated heterocycles. The molecule has 0 aliphatic carbocycles. The molecule has 4 heteroatoms. The number of hydrogen-bond donors (Lipinski definition) is 1. The lowest BCUT2D eigenvalue weighted by Crippen LogP contribution is -2.16. The van der Waals surface area contributed by atoms with E-state index in [-0.39, 0.29) is 5.92 Å². The summed E-state index contributed by atoms with van der Waals surface area (Å²) in [5.41, 5.74) is 8.33. The van der Waals surface area contributed by atoms with Crippen molar-refractivity contribution in [3.63, 3.8) is 0 Å². The van der Waals surface area contributed by atoms with Gasteiger partial charge in [-0.25, -0.2) is 0 Å². The zero-order valence-corrected chi connectivity index (χ0v) is 14.7. The molecule has 0 saturated carbocycles. The van der Waals surface area contributed by atoms with Crippen molar-refractivity contribution in [2.75, 3.05) is 27.4 Å². The van der Waals surface area contributed by atoms with Crippen LogP contribution in [0.15, 0.2) is 42.5 Å². The number of ether oxygens (including phenoxy) is 3. The van der Waals surface area contributed by atoms with Crippen molar-refractivity contribution in [3.05, 3.63) is 53.6 Å². The third-order valence-electron chi connectivity index (χ3n) is 4.05. The van der Waals surface area contributed by atoms with Crippen LogP contribution in [0.3, 0.4) is 0 Å². The fourth-order valence-electron chi connectivity index (χ4n) is 2.75. The topological polar surface area (TPSA) is 53.7 Å². The van der Waals surface area contributed by atoms with Gasteiger partial charge in [0.15, 0.2) is 11.5 Å². The third-order valence-corrected chi connectivity index (χ3v) is 4.05. The zero-order chi connectivity index (χ0) is 17.4. The number of rotatable bonds is 9. The van der Waals surface area contributed by atoms with Crippen LogP contribution in [0, 0.1) is 0 Å². The van der Waals surface area contributed by atoms with Crippen LogP contribution >= 0.6 is 0 Å². The largest absolute Gasteiger partial charge is 0.497 e. The first-order chi connectivity index (χ1) is 11.7. The van der Waals surface area contributed by atoms with Gasteiger partial charge in [-0.3, -0.25) is 0 Å². The molecule has 24 heavy (non-hydrogen) atoms. The third kappa shape index (κ3) is 4.42. The Morgan fingerprint density at radius 1 is 1.04 bits per heavy atom. The summed E-state index contributed by atoms with van der Waals surface area (Å²) in [7, 11) is 3.34. The molecule has 0 fully saturated rings. The van der Waals surface area contributed by atoms with Gasteiger partial charge in [-0.15, -0.1) is 0 Å². The Labute approximate surface area is 144 Å². The van der Waals surface area contributed by atoms with Crippen molar-refractivity contribution in [2.24, 2.45) is 5.73 Å². The van der Waals surface area contributed by atoms with Crippen molar-refractivity contribution in [3.8, 4) is 17.2 Å². The minimum atomic E-state index is 0.191. The van der Waals surface area contributed by atoms with E-state index in [2.05, 4.69) is 19.1 Å². The molecule has 4 nitrogen and oxygen atoms in total. The fourth-order valence-corrected chi connectivity index (χ4v) is 2.75. The van der Waals surface area contributed by atoms with Crippen molar-refractivity contribution in [2.45, 2.75) is 25.7 Å². The first-order valence-corrected chi connectivity index (χ1v) is 8.36. The molecule has 0 aromatic heterocycles. The van der Waals surface area contributed by atoms with Crippen LogP contribution in [-0.2, 0) is 6.42 Å². The van der Waals surface area contributed by atoms with Gasteiger partial charge in [0.25, 0.3) is 0 Å². The first kappa shape index (κ1) is 18.1. The van der Waals surface area contributed by atoms with Gasteiger partial charge in [0.1, 0.15) is 5.75 Å². The molecule has 0 heterocycles. The van der Waals surface area contributed by atoms with Gasteiger partial charge in [0, 0.05) is 5.92 Å². The maximum absolute atomic E-state index is 6.05. The first-order valence-electron chi connectivity index (χ1n) is 8.36. The minimum absolute atomic E-state index is 0.191. The smallest absolute Gasteiger partial charge is 0.164 e. The van der Waals surface area contributed by atoms with Crippen molar-refractivity contribution < 1.29 is 14.2 Å². The van der Waals surface area contributed by atoms with E-state index in [1.807, 2.05) is 30.3 Å². The lowest BCUT2D eigenvalue weighted by Gasteiger charge is -2.20. The van der Waals surface area contributed by atoms with E-state index in [0.717, 1.165) is 35.7 Å². The summed E-state index contributed by atoms with van der Waals surface area (Å²) < 4.78 is 16.7. The van der Waals surface area contributed by atoms with Gasteiger partial charge in [-0.1, -0.05) is 31.2 Å². The highest BCUT2D eigenvalue weighted by molar-refractivity contribution is 5.47. The molecule has 2 rings (SSSR count). The van der Waals surface area contributed by atoms with E-state index in [4.69, 9.17) is 19.9 Å². The number of hydrogen-bond acceptors (Lipinski definition) is 4. The molecule has 0 aliphatic heterocycles. The average Bonchev–Trinajstić information content (AvgIpc) is 2.64. The molecule has 2 aromatic rings. The summed E-state index contributed by atoms with van der Waals surface area (Å²) in [4.78, 5) is 0. The maximum atomic E-state index is 6.05. The Morgan fingerprint density at radius 2 is 1.83 bits per heavy atom. The Morgan fingerprint density at radius 3 is 2.50 bits per heavy atom. The monoisotopic (exact) mass is 329 g/mol. The van der Waals surface area contributed by atoms with E-state index in [1.165, 1.54) is 5.56 Å². The summed E-state index contributed by atoms with van der Waals surface area (Å²) in [6.45, 7) is 3.31.